The fourth-order valence-electron chi connectivity index (χ4n) is 3.78. The van der Waals surface area contributed by atoms with Gasteiger partial charge in [0, 0.05) is 36.0 Å². The van der Waals surface area contributed by atoms with Crippen LogP contribution in [-0.2, 0) is 4.74 Å². The summed E-state index contributed by atoms with van der Waals surface area (Å²) in [5.74, 6) is 0.455. The molecule has 4 rings (SSSR count). The summed E-state index contributed by atoms with van der Waals surface area (Å²) >= 11 is 11.7. The average Bonchev–Trinajstić information content (AvgIpc) is 3.28. The molecule has 2 heterocycles. The molecule has 0 radical (unpaired) electrons. The molecule has 33 heavy (non-hydrogen) atoms. The number of halogens is 2. The standard InChI is InChI=1S/C24H24ClFN4O2S/c1-3-31-13-5-12-30-15(2)20(21(27-24(30)33)17-6-4-7-19(26)14-17)23-28-22(29-32-23)16-8-10-18(25)11-9-16/h4,6-11,14,21H,3,5,12-13H2,1-2H3,(H,27,33). The first-order valence-electron chi connectivity index (χ1n) is 10.7. The molecule has 0 spiro atoms. The van der Waals surface area contributed by atoms with Crippen molar-refractivity contribution in [3.05, 3.63) is 76.5 Å². The van der Waals surface area contributed by atoms with Gasteiger partial charge in [0.2, 0.25) is 5.82 Å². The molecule has 0 fully saturated rings. The van der Waals surface area contributed by atoms with Crippen LogP contribution in [0.2, 0.25) is 5.02 Å². The Hall–Kier alpha value is -2.81. The molecule has 0 bridgehead atoms. The monoisotopic (exact) mass is 486 g/mol. The normalized spacial score (nSPS) is 16.3. The van der Waals surface area contributed by atoms with Crippen molar-refractivity contribution < 1.29 is 13.7 Å². The summed E-state index contributed by atoms with van der Waals surface area (Å²) in [6.07, 6.45) is 0.796. The quantitative estimate of drug-likeness (QED) is 0.327. The molecule has 3 aromatic rings. The molecule has 1 atom stereocenters. The first-order chi connectivity index (χ1) is 16.0. The van der Waals surface area contributed by atoms with Crippen molar-refractivity contribution in [1.82, 2.24) is 20.4 Å². The fraction of sp³-hybridized carbons (Fsp3) is 0.292. The maximum absolute atomic E-state index is 14.1. The highest BCUT2D eigenvalue weighted by molar-refractivity contribution is 7.80. The Balaban J connectivity index is 1.74. The van der Waals surface area contributed by atoms with E-state index in [9.17, 15) is 4.39 Å². The van der Waals surface area contributed by atoms with Gasteiger partial charge in [-0.3, -0.25) is 0 Å². The first-order valence-corrected chi connectivity index (χ1v) is 11.5. The number of nitrogens with one attached hydrogen (secondary N) is 1. The third-order valence-electron chi connectivity index (χ3n) is 5.41. The molecular weight excluding hydrogens is 463 g/mol. The lowest BCUT2D eigenvalue weighted by molar-refractivity contribution is 0.141. The highest BCUT2D eigenvalue weighted by Gasteiger charge is 2.34. The van der Waals surface area contributed by atoms with Gasteiger partial charge in [0.25, 0.3) is 5.89 Å². The summed E-state index contributed by atoms with van der Waals surface area (Å²) < 4.78 is 25.2. The van der Waals surface area contributed by atoms with Crippen molar-refractivity contribution in [1.29, 1.82) is 0 Å². The smallest absolute Gasteiger partial charge is 0.258 e. The summed E-state index contributed by atoms with van der Waals surface area (Å²) in [5, 5.41) is 8.68. The van der Waals surface area contributed by atoms with Crippen LogP contribution in [0.5, 0.6) is 0 Å². The molecule has 1 unspecified atom stereocenters. The maximum Gasteiger partial charge on any atom is 0.258 e. The predicted molar refractivity (Wildman–Crippen MR) is 130 cm³/mol. The number of rotatable bonds is 8. The minimum Gasteiger partial charge on any atom is -0.382 e. The summed E-state index contributed by atoms with van der Waals surface area (Å²) in [4.78, 5) is 6.64. The lowest BCUT2D eigenvalue weighted by Crippen LogP contribution is -2.46. The van der Waals surface area contributed by atoms with E-state index in [1.807, 2.05) is 36.9 Å². The molecule has 0 saturated heterocycles. The number of hydrogen-bond acceptors (Lipinski definition) is 5. The van der Waals surface area contributed by atoms with Crippen LogP contribution in [0.1, 0.15) is 37.8 Å². The van der Waals surface area contributed by atoms with Crippen LogP contribution in [0.3, 0.4) is 0 Å². The Morgan fingerprint density at radius 3 is 2.76 bits per heavy atom. The molecule has 1 aromatic heterocycles. The largest absolute Gasteiger partial charge is 0.382 e. The Labute approximate surface area is 202 Å². The minimum atomic E-state index is -0.435. The second-order valence-corrected chi connectivity index (χ2v) is 8.39. The number of hydrogen-bond donors (Lipinski definition) is 1. The molecule has 9 heteroatoms. The van der Waals surface area contributed by atoms with Gasteiger partial charge in [-0.2, -0.15) is 4.98 Å². The SMILES string of the molecule is CCOCCCN1C(=S)NC(c2cccc(F)c2)C(c2nc(-c3ccc(Cl)cc3)no2)=C1C. The van der Waals surface area contributed by atoms with Crippen LogP contribution in [0.4, 0.5) is 4.39 Å². The molecule has 0 aliphatic carbocycles. The van der Waals surface area contributed by atoms with Crippen molar-refractivity contribution in [3.63, 3.8) is 0 Å². The molecule has 1 aliphatic rings. The lowest BCUT2D eigenvalue weighted by atomic mass is 9.94. The number of allylic oxidation sites excluding steroid dienone is 1. The van der Waals surface area contributed by atoms with E-state index in [-0.39, 0.29) is 5.82 Å². The van der Waals surface area contributed by atoms with Gasteiger partial charge in [0.05, 0.1) is 11.6 Å². The zero-order valence-electron chi connectivity index (χ0n) is 18.3. The highest BCUT2D eigenvalue weighted by Crippen LogP contribution is 2.37. The molecule has 6 nitrogen and oxygen atoms in total. The van der Waals surface area contributed by atoms with Crippen LogP contribution in [-0.4, -0.2) is 39.9 Å². The molecule has 0 amide bonds. The van der Waals surface area contributed by atoms with E-state index in [1.54, 1.807) is 18.2 Å². The van der Waals surface area contributed by atoms with Crippen molar-refractivity contribution in [2.24, 2.45) is 0 Å². The third kappa shape index (κ3) is 5.24. The third-order valence-corrected chi connectivity index (χ3v) is 6.00. The summed E-state index contributed by atoms with van der Waals surface area (Å²) in [6, 6.07) is 13.2. The molecular formula is C24H24ClFN4O2S. The van der Waals surface area contributed by atoms with E-state index >= 15 is 0 Å². The number of ether oxygens (including phenoxy) is 1. The van der Waals surface area contributed by atoms with E-state index in [1.165, 1.54) is 12.1 Å². The lowest BCUT2D eigenvalue weighted by Gasteiger charge is -2.37. The van der Waals surface area contributed by atoms with Gasteiger partial charge >= 0.3 is 0 Å². The summed E-state index contributed by atoms with van der Waals surface area (Å²) in [6.45, 7) is 5.89. The Morgan fingerprint density at radius 1 is 1.24 bits per heavy atom. The van der Waals surface area contributed by atoms with Gasteiger partial charge in [-0.25, -0.2) is 4.39 Å². The van der Waals surface area contributed by atoms with E-state index in [2.05, 4.69) is 15.5 Å². The summed E-state index contributed by atoms with van der Waals surface area (Å²) in [5.41, 5.74) is 3.11. The van der Waals surface area contributed by atoms with Crippen LogP contribution < -0.4 is 5.32 Å². The Kier molecular flexibility index (Phi) is 7.37. The van der Waals surface area contributed by atoms with Gasteiger partial charge in [-0.1, -0.05) is 28.9 Å². The molecule has 2 aromatic carbocycles. The number of aromatic nitrogens is 2. The fourth-order valence-corrected chi connectivity index (χ4v) is 4.25. The topological polar surface area (TPSA) is 63.4 Å². The number of benzene rings is 2. The second-order valence-electron chi connectivity index (χ2n) is 7.57. The Bertz CT molecular complexity index is 1170. The van der Waals surface area contributed by atoms with Crippen LogP contribution in [0.25, 0.3) is 17.0 Å². The van der Waals surface area contributed by atoms with Crippen molar-refractivity contribution in [2.75, 3.05) is 19.8 Å². The maximum atomic E-state index is 14.1. The van der Waals surface area contributed by atoms with Crippen molar-refractivity contribution >= 4 is 34.5 Å². The van der Waals surface area contributed by atoms with E-state index < -0.39 is 6.04 Å². The van der Waals surface area contributed by atoms with E-state index in [4.69, 9.17) is 33.1 Å². The van der Waals surface area contributed by atoms with Crippen molar-refractivity contribution in [2.45, 2.75) is 26.3 Å². The summed E-state index contributed by atoms with van der Waals surface area (Å²) in [7, 11) is 0. The molecule has 1 N–H and O–H groups in total. The van der Waals surface area contributed by atoms with Gasteiger partial charge < -0.3 is 19.5 Å². The van der Waals surface area contributed by atoms with E-state index in [0.29, 0.717) is 47.2 Å². The molecule has 0 saturated carbocycles. The molecule has 1 aliphatic heterocycles. The zero-order chi connectivity index (χ0) is 23.4. The molecule has 172 valence electrons. The second kappa shape index (κ2) is 10.4. The van der Waals surface area contributed by atoms with Gasteiger partial charge in [-0.15, -0.1) is 0 Å². The van der Waals surface area contributed by atoms with Crippen molar-refractivity contribution in [3.8, 4) is 11.4 Å². The average molecular weight is 487 g/mol. The van der Waals surface area contributed by atoms with E-state index in [0.717, 1.165) is 23.3 Å². The van der Waals surface area contributed by atoms with Gasteiger partial charge in [0.15, 0.2) is 5.11 Å². The number of thiocarbonyl (C=S) groups is 1. The van der Waals surface area contributed by atoms with Crippen LogP contribution in [0, 0.1) is 5.82 Å². The Morgan fingerprint density at radius 2 is 2.03 bits per heavy atom. The first kappa shape index (κ1) is 23.4. The predicted octanol–water partition coefficient (Wildman–Crippen LogP) is 5.62. The minimum absolute atomic E-state index is 0.330. The van der Waals surface area contributed by atoms with Crippen LogP contribution >= 0.6 is 23.8 Å². The van der Waals surface area contributed by atoms with Gasteiger partial charge in [0.1, 0.15) is 5.82 Å². The van der Waals surface area contributed by atoms with Gasteiger partial charge in [-0.05, 0) is 74.4 Å². The number of nitrogens with zero attached hydrogens (tertiary/aromatic N) is 3. The zero-order valence-corrected chi connectivity index (χ0v) is 19.9. The highest BCUT2D eigenvalue weighted by atomic mass is 35.5. The van der Waals surface area contributed by atoms with Crippen LogP contribution in [0.15, 0.2) is 58.8 Å².